The third-order valence-electron chi connectivity index (χ3n) is 3.42. The van der Waals surface area contributed by atoms with E-state index in [9.17, 15) is 4.79 Å². The first-order valence-corrected chi connectivity index (χ1v) is 8.07. The van der Waals surface area contributed by atoms with Gasteiger partial charge >= 0.3 is 0 Å². The lowest BCUT2D eigenvalue weighted by Gasteiger charge is -2.18. The molecule has 0 aliphatic heterocycles. The highest BCUT2D eigenvalue weighted by Crippen LogP contribution is 2.18. The summed E-state index contributed by atoms with van der Waals surface area (Å²) in [6.07, 6.45) is -0.491. The third-order valence-corrected chi connectivity index (χ3v) is 3.91. The number of benzene rings is 2. The quantitative estimate of drug-likeness (QED) is 0.835. The summed E-state index contributed by atoms with van der Waals surface area (Å²) in [7, 11) is 0. The van der Waals surface area contributed by atoms with Crippen molar-refractivity contribution in [2.45, 2.75) is 32.6 Å². The van der Waals surface area contributed by atoms with Crippen LogP contribution >= 0.6 is 15.9 Å². The van der Waals surface area contributed by atoms with Gasteiger partial charge in [-0.25, -0.2) is 0 Å². The number of halogens is 1. The first-order chi connectivity index (χ1) is 10.6. The molecule has 0 fully saturated rings. The molecular weight excluding hydrogens is 342 g/mol. The second kappa shape index (κ2) is 8.11. The molecule has 1 N–H and O–H groups in total. The summed E-state index contributed by atoms with van der Waals surface area (Å²) in [5, 5.41) is 2.97. The van der Waals surface area contributed by atoms with Gasteiger partial charge in [-0.2, -0.15) is 0 Å². The van der Waals surface area contributed by atoms with E-state index in [1.807, 2.05) is 61.5 Å². The zero-order valence-corrected chi connectivity index (χ0v) is 14.3. The lowest BCUT2D eigenvalue weighted by molar-refractivity contribution is -0.133. The van der Waals surface area contributed by atoms with Gasteiger partial charge in [0.15, 0.2) is 0 Å². The molecule has 0 saturated carbocycles. The smallest absolute Gasteiger partial charge is 0.249 e. The number of carbonyl (C=O) groups is 1. The van der Waals surface area contributed by atoms with Crippen LogP contribution in [0.4, 0.5) is 0 Å². The van der Waals surface area contributed by atoms with Gasteiger partial charge in [0, 0.05) is 4.47 Å². The first kappa shape index (κ1) is 16.7. The average molecular weight is 362 g/mol. The summed E-state index contributed by atoms with van der Waals surface area (Å²) in [6.45, 7) is 4.16. The number of carbonyl (C=O) groups excluding carboxylic acids is 1. The van der Waals surface area contributed by atoms with Gasteiger partial charge in [0.25, 0.3) is 0 Å². The van der Waals surface area contributed by atoms with Crippen LogP contribution in [0, 0.1) is 0 Å². The highest BCUT2D eigenvalue weighted by atomic mass is 79.9. The Hall–Kier alpha value is -1.65. The molecule has 0 bridgehead atoms. The van der Waals surface area contributed by atoms with E-state index in [4.69, 9.17) is 4.74 Å². The number of nitrogens with one attached hydrogen (secondary N) is 1. The van der Waals surface area contributed by atoms with Crippen LogP contribution in [-0.4, -0.2) is 12.0 Å². The number of hydrogen-bond acceptors (Lipinski definition) is 2. The van der Waals surface area contributed by atoms with Crippen LogP contribution in [0.5, 0.6) is 0 Å². The molecule has 0 aliphatic rings. The average Bonchev–Trinajstić information content (AvgIpc) is 2.53. The molecule has 2 aromatic carbocycles. The molecule has 3 nitrogen and oxygen atoms in total. The summed E-state index contributed by atoms with van der Waals surface area (Å²) in [6, 6.07) is 17.7. The molecule has 0 spiro atoms. The summed E-state index contributed by atoms with van der Waals surface area (Å²) in [5.41, 5.74) is 2.11. The van der Waals surface area contributed by atoms with E-state index in [0.717, 1.165) is 15.6 Å². The van der Waals surface area contributed by atoms with Gasteiger partial charge in [-0.1, -0.05) is 58.4 Å². The Bertz CT molecular complexity index is 615. The van der Waals surface area contributed by atoms with Crippen LogP contribution in [0.3, 0.4) is 0 Å². The highest BCUT2D eigenvalue weighted by molar-refractivity contribution is 9.10. The van der Waals surface area contributed by atoms with Crippen molar-refractivity contribution in [2.75, 3.05) is 0 Å². The summed E-state index contributed by atoms with van der Waals surface area (Å²) < 4.78 is 6.63. The van der Waals surface area contributed by atoms with Crippen LogP contribution in [0.1, 0.15) is 31.0 Å². The van der Waals surface area contributed by atoms with E-state index in [1.165, 1.54) is 0 Å². The van der Waals surface area contributed by atoms with Crippen LogP contribution < -0.4 is 5.32 Å². The topological polar surface area (TPSA) is 38.3 Å². The van der Waals surface area contributed by atoms with E-state index in [0.29, 0.717) is 6.61 Å². The Morgan fingerprint density at radius 2 is 1.86 bits per heavy atom. The molecule has 1 amide bonds. The van der Waals surface area contributed by atoms with Gasteiger partial charge in [0.1, 0.15) is 6.10 Å². The van der Waals surface area contributed by atoms with Gasteiger partial charge in [-0.05, 0) is 37.1 Å². The van der Waals surface area contributed by atoms with Gasteiger partial charge < -0.3 is 10.1 Å². The molecule has 4 heteroatoms. The standard InChI is InChI=1S/C18H20BrNO2/c1-13(16-9-6-10-17(19)11-16)20-18(21)14(2)22-12-15-7-4-3-5-8-15/h3-11,13-14H,12H2,1-2H3,(H,20,21)/t13-,14+/m0/s1. The van der Waals surface area contributed by atoms with Crippen LogP contribution in [0.25, 0.3) is 0 Å². The first-order valence-electron chi connectivity index (χ1n) is 7.27. The molecule has 0 aliphatic carbocycles. The third kappa shape index (κ3) is 4.97. The summed E-state index contributed by atoms with van der Waals surface area (Å²) >= 11 is 3.44. The zero-order valence-electron chi connectivity index (χ0n) is 12.8. The Balaban J connectivity index is 1.85. The molecule has 22 heavy (non-hydrogen) atoms. The minimum absolute atomic E-state index is 0.0622. The van der Waals surface area contributed by atoms with E-state index >= 15 is 0 Å². The SMILES string of the molecule is C[C@H](NC(=O)[C@@H](C)OCc1ccccc1)c1cccc(Br)c1. The Kier molecular flexibility index (Phi) is 6.16. The fourth-order valence-corrected chi connectivity index (χ4v) is 2.48. The van der Waals surface area contributed by atoms with Crippen molar-refractivity contribution >= 4 is 21.8 Å². The van der Waals surface area contributed by atoms with Crippen molar-refractivity contribution in [3.05, 3.63) is 70.2 Å². The van der Waals surface area contributed by atoms with Crippen LogP contribution in [0.15, 0.2) is 59.1 Å². The number of ether oxygens (including phenoxy) is 1. The number of rotatable bonds is 6. The number of amides is 1. The van der Waals surface area contributed by atoms with Crippen molar-refractivity contribution in [2.24, 2.45) is 0 Å². The van der Waals surface area contributed by atoms with Gasteiger partial charge in [-0.3, -0.25) is 4.79 Å². The van der Waals surface area contributed by atoms with E-state index < -0.39 is 6.10 Å². The highest BCUT2D eigenvalue weighted by Gasteiger charge is 2.16. The maximum absolute atomic E-state index is 12.2. The van der Waals surface area contributed by atoms with E-state index in [-0.39, 0.29) is 11.9 Å². The Morgan fingerprint density at radius 3 is 2.55 bits per heavy atom. The van der Waals surface area contributed by atoms with Crippen LogP contribution in [0.2, 0.25) is 0 Å². The largest absolute Gasteiger partial charge is 0.364 e. The normalized spacial score (nSPS) is 13.4. The molecule has 2 atom stereocenters. The van der Waals surface area contributed by atoms with Gasteiger partial charge in [0.2, 0.25) is 5.91 Å². The fraction of sp³-hybridized carbons (Fsp3) is 0.278. The van der Waals surface area contributed by atoms with Gasteiger partial charge in [0.05, 0.1) is 12.6 Å². The second-order valence-corrected chi connectivity index (χ2v) is 6.14. The zero-order chi connectivity index (χ0) is 15.9. The number of hydrogen-bond donors (Lipinski definition) is 1. The maximum Gasteiger partial charge on any atom is 0.249 e. The monoisotopic (exact) mass is 361 g/mol. The second-order valence-electron chi connectivity index (χ2n) is 5.22. The molecule has 116 valence electrons. The van der Waals surface area contributed by atoms with Crippen molar-refractivity contribution in [1.82, 2.24) is 5.32 Å². The van der Waals surface area contributed by atoms with E-state index in [1.54, 1.807) is 6.92 Å². The summed E-state index contributed by atoms with van der Waals surface area (Å²) in [5.74, 6) is -0.108. The Morgan fingerprint density at radius 1 is 1.14 bits per heavy atom. The predicted molar refractivity (Wildman–Crippen MR) is 91.4 cm³/mol. The Labute approximate surface area is 139 Å². The molecule has 0 unspecified atom stereocenters. The molecule has 0 radical (unpaired) electrons. The molecule has 0 aromatic heterocycles. The maximum atomic E-state index is 12.2. The van der Waals surface area contributed by atoms with Gasteiger partial charge in [-0.15, -0.1) is 0 Å². The molecule has 2 aromatic rings. The minimum atomic E-state index is -0.491. The lowest BCUT2D eigenvalue weighted by atomic mass is 10.1. The predicted octanol–water partition coefficient (Wildman–Crippen LogP) is 4.23. The fourth-order valence-electron chi connectivity index (χ4n) is 2.06. The molecule has 0 saturated heterocycles. The van der Waals surface area contributed by atoms with Crippen LogP contribution in [-0.2, 0) is 16.1 Å². The van der Waals surface area contributed by atoms with Crippen molar-refractivity contribution in [3.8, 4) is 0 Å². The minimum Gasteiger partial charge on any atom is -0.364 e. The summed E-state index contributed by atoms with van der Waals surface area (Å²) in [4.78, 5) is 12.2. The molecule has 0 heterocycles. The molecular formula is C18H20BrNO2. The van der Waals surface area contributed by atoms with Crippen molar-refractivity contribution in [3.63, 3.8) is 0 Å². The molecule has 2 rings (SSSR count). The van der Waals surface area contributed by atoms with Crippen molar-refractivity contribution in [1.29, 1.82) is 0 Å². The van der Waals surface area contributed by atoms with E-state index in [2.05, 4.69) is 21.2 Å². The van der Waals surface area contributed by atoms with Crippen molar-refractivity contribution < 1.29 is 9.53 Å². The lowest BCUT2D eigenvalue weighted by Crippen LogP contribution is -2.36.